The van der Waals surface area contributed by atoms with Crippen molar-refractivity contribution in [3.8, 4) is 11.1 Å². The zero-order valence-electron chi connectivity index (χ0n) is 8.37. The molecular weight excluding hydrogens is 239 g/mol. The second-order valence-electron chi connectivity index (χ2n) is 3.73. The van der Waals surface area contributed by atoms with Gasteiger partial charge in [0, 0.05) is 5.57 Å². The fourth-order valence-corrected chi connectivity index (χ4v) is 2.63. The molecule has 0 aliphatic heterocycles. The standard InChI is InChI=1S/C14H8Cl2/c15-14(16)13-11-7-3-1-5-9(11)10-6-2-4-8-12(10)13/h1-8H. The van der Waals surface area contributed by atoms with Crippen LogP contribution in [0.3, 0.4) is 0 Å². The third-order valence-electron chi connectivity index (χ3n) is 2.87. The van der Waals surface area contributed by atoms with Crippen LogP contribution in [-0.4, -0.2) is 0 Å². The maximum atomic E-state index is 5.98. The normalized spacial score (nSPS) is 12.2. The van der Waals surface area contributed by atoms with E-state index < -0.39 is 0 Å². The van der Waals surface area contributed by atoms with Crippen LogP contribution in [0.5, 0.6) is 0 Å². The molecule has 0 N–H and O–H groups in total. The molecule has 0 radical (unpaired) electrons. The van der Waals surface area contributed by atoms with Gasteiger partial charge in [-0.25, -0.2) is 0 Å². The molecule has 1 aliphatic rings. The molecule has 0 nitrogen and oxygen atoms in total. The first-order valence-electron chi connectivity index (χ1n) is 5.03. The Morgan fingerprint density at radius 1 is 0.625 bits per heavy atom. The first-order valence-corrected chi connectivity index (χ1v) is 5.79. The smallest absolute Gasteiger partial charge is 0.0702 e. The highest BCUT2D eigenvalue weighted by Crippen LogP contribution is 2.46. The van der Waals surface area contributed by atoms with Gasteiger partial charge in [0.1, 0.15) is 4.49 Å². The second kappa shape index (κ2) is 3.65. The number of benzene rings is 2. The minimum atomic E-state index is 0.331. The van der Waals surface area contributed by atoms with Crippen molar-refractivity contribution in [3.05, 3.63) is 64.1 Å². The van der Waals surface area contributed by atoms with E-state index in [1.807, 2.05) is 24.3 Å². The maximum absolute atomic E-state index is 5.98. The Balaban J connectivity index is 2.44. The Morgan fingerprint density at radius 2 is 1.00 bits per heavy atom. The Kier molecular flexibility index (Phi) is 2.27. The summed E-state index contributed by atoms with van der Waals surface area (Å²) in [6.45, 7) is 0. The third-order valence-corrected chi connectivity index (χ3v) is 3.25. The van der Waals surface area contributed by atoms with E-state index in [0.29, 0.717) is 4.49 Å². The van der Waals surface area contributed by atoms with Crippen LogP contribution >= 0.6 is 23.2 Å². The Hall–Kier alpha value is -1.24. The van der Waals surface area contributed by atoms with Gasteiger partial charge in [-0.1, -0.05) is 71.7 Å². The Morgan fingerprint density at radius 3 is 1.38 bits per heavy atom. The summed E-state index contributed by atoms with van der Waals surface area (Å²) in [5.74, 6) is 0. The first kappa shape index (κ1) is 9.95. The van der Waals surface area contributed by atoms with Crippen molar-refractivity contribution in [2.45, 2.75) is 0 Å². The van der Waals surface area contributed by atoms with E-state index >= 15 is 0 Å². The molecule has 0 heterocycles. The zero-order valence-corrected chi connectivity index (χ0v) is 9.89. The van der Waals surface area contributed by atoms with Crippen LogP contribution in [-0.2, 0) is 0 Å². The lowest BCUT2D eigenvalue weighted by Gasteiger charge is -2.01. The van der Waals surface area contributed by atoms with E-state index in [1.165, 1.54) is 11.1 Å². The molecule has 78 valence electrons. The molecule has 0 amide bonds. The molecule has 0 atom stereocenters. The quantitative estimate of drug-likeness (QED) is 0.532. The predicted molar refractivity (Wildman–Crippen MR) is 69.6 cm³/mol. The van der Waals surface area contributed by atoms with Crippen LogP contribution in [0.2, 0.25) is 0 Å². The van der Waals surface area contributed by atoms with E-state index in [-0.39, 0.29) is 0 Å². The van der Waals surface area contributed by atoms with Crippen molar-refractivity contribution < 1.29 is 0 Å². The Bertz CT molecular complexity index is 546. The molecule has 0 saturated carbocycles. The molecule has 0 unspecified atom stereocenters. The largest absolute Gasteiger partial charge is 0.115 e. The van der Waals surface area contributed by atoms with E-state index in [2.05, 4.69) is 24.3 Å². The SMILES string of the molecule is ClC(Cl)=C1c2ccccc2-c2ccccc21. The fraction of sp³-hybridized carbons (Fsp3) is 0. The molecule has 2 heteroatoms. The van der Waals surface area contributed by atoms with E-state index in [0.717, 1.165) is 16.7 Å². The molecule has 0 saturated heterocycles. The van der Waals surface area contributed by atoms with Crippen LogP contribution in [0.1, 0.15) is 11.1 Å². The van der Waals surface area contributed by atoms with Crippen molar-refractivity contribution in [1.82, 2.24) is 0 Å². The van der Waals surface area contributed by atoms with E-state index in [9.17, 15) is 0 Å². The summed E-state index contributed by atoms with van der Waals surface area (Å²) in [5.41, 5.74) is 5.57. The molecule has 0 aromatic heterocycles. The van der Waals surface area contributed by atoms with Crippen LogP contribution in [0.25, 0.3) is 16.7 Å². The van der Waals surface area contributed by atoms with Gasteiger partial charge >= 0.3 is 0 Å². The van der Waals surface area contributed by atoms with Gasteiger partial charge in [-0.3, -0.25) is 0 Å². The van der Waals surface area contributed by atoms with Gasteiger partial charge < -0.3 is 0 Å². The number of halogens is 2. The van der Waals surface area contributed by atoms with Crippen LogP contribution < -0.4 is 0 Å². The molecule has 1 aliphatic carbocycles. The average Bonchev–Trinajstić information content (AvgIpc) is 2.63. The molecule has 2 aromatic carbocycles. The highest BCUT2D eigenvalue weighted by molar-refractivity contribution is 6.59. The number of hydrogen-bond acceptors (Lipinski definition) is 0. The number of fused-ring (bicyclic) bond motifs is 3. The van der Waals surface area contributed by atoms with Crippen molar-refractivity contribution in [1.29, 1.82) is 0 Å². The maximum Gasteiger partial charge on any atom is 0.115 e. The van der Waals surface area contributed by atoms with Crippen molar-refractivity contribution in [2.24, 2.45) is 0 Å². The third kappa shape index (κ3) is 1.31. The summed E-state index contributed by atoms with van der Waals surface area (Å²) < 4.78 is 0.331. The lowest BCUT2D eigenvalue weighted by molar-refractivity contribution is 1.65. The molecule has 3 rings (SSSR count). The van der Waals surface area contributed by atoms with E-state index in [4.69, 9.17) is 23.2 Å². The van der Waals surface area contributed by atoms with Gasteiger partial charge in [0.15, 0.2) is 0 Å². The highest BCUT2D eigenvalue weighted by Gasteiger charge is 2.24. The van der Waals surface area contributed by atoms with Crippen molar-refractivity contribution >= 4 is 28.8 Å². The van der Waals surface area contributed by atoms with Gasteiger partial charge in [-0.2, -0.15) is 0 Å². The fourth-order valence-electron chi connectivity index (χ4n) is 2.22. The summed E-state index contributed by atoms with van der Waals surface area (Å²) in [6.07, 6.45) is 0. The molecule has 2 aromatic rings. The topological polar surface area (TPSA) is 0 Å². The van der Waals surface area contributed by atoms with Crippen LogP contribution in [0.15, 0.2) is 53.0 Å². The van der Waals surface area contributed by atoms with Crippen LogP contribution in [0.4, 0.5) is 0 Å². The molecule has 0 bridgehead atoms. The van der Waals surface area contributed by atoms with Crippen molar-refractivity contribution in [2.75, 3.05) is 0 Å². The summed E-state index contributed by atoms with van der Waals surface area (Å²) in [7, 11) is 0. The lowest BCUT2D eigenvalue weighted by Crippen LogP contribution is -1.80. The van der Waals surface area contributed by atoms with Gasteiger partial charge in [-0.15, -0.1) is 0 Å². The Labute approximate surface area is 104 Å². The number of hydrogen-bond donors (Lipinski definition) is 0. The number of rotatable bonds is 0. The average molecular weight is 247 g/mol. The molecule has 16 heavy (non-hydrogen) atoms. The molecular formula is C14H8Cl2. The summed E-state index contributed by atoms with van der Waals surface area (Å²) in [5, 5.41) is 0. The lowest BCUT2D eigenvalue weighted by atomic mass is 10.1. The zero-order chi connectivity index (χ0) is 11.1. The minimum Gasteiger partial charge on any atom is -0.0702 e. The van der Waals surface area contributed by atoms with Gasteiger partial charge in [-0.05, 0) is 22.3 Å². The summed E-state index contributed by atoms with van der Waals surface area (Å²) in [6, 6.07) is 16.4. The van der Waals surface area contributed by atoms with Crippen molar-refractivity contribution in [3.63, 3.8) is 0 Å². The minimum absolute atomic E-state index is 0.331. The van der Waals surface area contributed by atoms with Crippen LogP contribution in [0, 0.1) is 0 Å². The summed E-state index contributed by atoms with van der Waals surface area (Å²) in [4.78, 5) is 0. The second-order valence-corrected chi connectivity index (χ2v) is 4.68. The predicted octanol–water partition coefficient (Wildman–Crippen LogP) is 4.86. The van der Waals surface area contributed by atoms with Gasteiger partial charge in [0.05, 0.1) is 0 Å². The first-order chi connectivity index (χ1) is 7.79. The summed E-state index contributed by atoms with van der Waals surface area (Å²) >= 11 is 12.0. The molecule has 0 spiro atoms. The van der Waals surface area contributed by atoms with E-state index in [1.54, 1.807) is 0 Å². The monoisotopic (exact) mass is 246 g/mol. The highest BCUT2D eigenvalue weighted by atomic mass is 35.5. The molecule has 0 fully saturated rings. The van der Waals surface area contributed by atoms with Gasteiger partial charge in [0.25, 0.3) is 0 Å². The van der Waals surface area contributed by atoms with Gasteiger partial charge in [0.2, 0.25) is 0 Å².